The molecule has 0 saturated carbocycles. The molecule has 188 valence electrons. The number of ether oxygens (including phenoxy) is 1. The van der Waals surface area contributed by atoms with Gasteiger partial charge in [0.15, 0.2) is 11.6 Å². The lowest BCUT2D eigenvalue weighted by atomic mass is 10.0. The van der Waals surface area contributed by atoms with Gasteiger partial charge in [0.1, 0.15) is 0 Å². The highest BCUT2D eigenvalue weighted by atomic mass is 35.5. The van der Waals surface area contributed by atoms with Crippen molar-refractivity contribution in [3.05, 3.63) is 101 Å². The number of rotatable bonds is 8. The number of morpholine rings is 1. The number of pyridine rings is 1. The SMILES string of the molecule is Fc1cnc(N/N=C/c2ccc(Nc3cccc(Cc4cccc(Cl)c4)c3)cn2)nc1N1CCOCC1. The number of hydrogen-bond acceptors (Lipinski definition) is 8. The maximum atomic E-state index is 14.2. The van der Waals surface area contributed by atoms with Crippen molar-refractivity contribution in [1.29, 1.82) is 0 Å². The van der Waals surface area contributed by atoms with Gasteiger partial charge < -0.3 is 15.0 Å². The summed E-state index contributed by atoms with van der Waals surface area (Å²) < 4.78 is 19.5. The Hall–Kier alpha value is -4.08. The number of benzene rings is 2. The topological polar surface area (TPSA) is 87.6 Å². The maximum absolute atomic E-state index is 14.2. The second-order valence-electron chi connectivity index (χ2n) is 8.44. The minimum atomic E-state index is -0.476. The van der Waals surface area contributed by atoms with Gasteiger partial charge in [-0.2, -0.15) is 10.1 Å². The van der Waals surface area contributed by atoms with Gasteiger partial charge in [0.25, 0.3) is 0 Å². The van der Waals surface area contributed by atoms with Crippen LogP contribution in [0.3, 0.4) is 0 Å². The predicted molar refractivity (Wildman–Crippen MR) is 144 cm³/mol. The first-order chi connectivity index (χ1) is 18.1. The highest BCUT2D eigenvalue weighted by Crippen LogP contribution is 2.21. The number of halogens is 2. The zero-order valence-corrected chi connectivity index (χ0v) is 20.7. The Labute approximate surface area is 219 Å². The zero-order valence-electron chi connectivity index (χ0n) is 19.9. The third kappa shape index (κ3) is 6.78. The molecule has 0 aliphatic carbocycles. The highest BCUT2D eigenvalue weighted by molar-refractivity contribution is 6.30. The summed E-state index contributed by atoms with van der Waals surface area (Å²) in [6.07, 6.45) is 5.22. The summed E-state index contributed by atoms with van der Waals surface area (Å²) in [5, 5.41) is 8.25. The normalized spacial score (nSPS) is 13.6. The molecular formula is C27H25ClFN7O. The largest absolute Gasteiger partial charge is 0.378 e. The first kappa shape index (κ1) is 24.6. The summed E-state index contributed by atoms with van der Waals surface area (Å²) in [6, 6.07) is 19.9. The highest BCUT2D eigenvalue weighted by Gasteiger charge is 2.17. The number of aromatic nitrogens is 3. The van der Waals surface area contributed by atoms with Crippen molar-refractivity contribution in [2.75, 3.05) is 41.9 Å². The van der Waals surface area contributed by atoms with E-state index in [0.717, 1.165) is 34.6 Å². The van der Waals surface area contributed by atoms with Gasteiger partial charge >= 0.3 is 0 Å². The molecule has 0 bridgehead atoms. The number of anilines is 4. The molecule has 5 rings (SSSR count). The summed E-state index contributed by atoms with van der Waals surface area (Å²) in [7, 11) is 0. The number of hydrogen-bond donors (Lipinski definition) is 2. The number of nitrogens with zero attached hydrogens (tertiary/aromatic N) is 5. The summed E-state index contributed by atoms with van der Waals surface area (Å²) in [5.41, 5.74) is 7.54. The Morgan fingerprint density at radius 3 is 2.57 bits per heavy atom. The van der Waals surface area contributed by atoms with E-state index in [9.17, 15) is 4.39 Å². The van der Waals surface area contributed by atoms with Crippen molar-refractivity contribution < 1.29 is 9.13 Å². The molecule has 0 unspecified atom stereocenters. The summed E-state index contributed by atoms with van der Waals surface area (Å²) in [5.74, 6) is -0.0348. The lowest BCUT2D eigenvalue weighted by molar-refractivity contribution is 0.122. The van der Waals surface area contributed by atoms with Crippen LogP contribution in [0.4, 0.5) is 27.5 Å². The molecule has 8 nitrogen and oxygen atoms in total. The molecule has 1 saturated heterocycles. The number of hydrazone groups is 1. The Bertz CT molecular complexity index is 1380. The van der Waals surface area contributed by atoms with Gasteiger partial charge in [-0.05, 0) is 53.9 Å². The first-order valence-electron chi connectivity index (χ1n) is 11.8. The Morgan fingerprint density at radius 2 is 1.78 bits per heavy atom. The van der Waals surface area contributed by atoms with Crippen LogP contribution in [0.2, 0.25) is 5.02 Å². The number of nitrogens with one attached hydrogen (secondary N) is 2. The van der Waals surface area contributed by atoms with Gasteiger partial charge in [0, 0.05) is 23.8 Å². The van der Waals surface area contributed by atoms with Crippen molar-refractivity contribution >= 4 is 41.0 Å². The van der Waals surface area contributed by atoms with Crippen LogP contribution in [0.25, 0.3) is 0 Å². The lowest BCUT2D eigenvalue weighted by Gasteiger charge is -2.27. The summed E-state index contributed by atoms with van der Waals surface area (Å²) in [6.45, 7) is 2.23. The van der Waals surface area contributed by atoms with Crippen LogP contribution in [0.1, 0.15) is 16.8 Å². The van der Waals surface area contributed by atoms with E-state index in [2.05, 4.69) is 49.0 Å². The average Bonchev–Trinajstić information content (AvgIpc) is 2.91. The van der Waals surface area contributed by atoms with Crippen LogP contribution >= 0.6 is 11.6 Å². The van der Waals surface area contributed by atoms with Crippen molar-refractivity contribution in [2.24, 2.45) is 5.10 Å². The van der Waals surface area contributed by atoms with Gasteiger partial charge in [0.05, 0.1) is 43.2 Å². The van der Waals surface area contributed by atoms with Crippen molar-refractivity contribution in [2.45, 2.75) is 6.42 Å². The summed E-state index contributed by atoms with van der Waals surface area (Å²) >= 11 is 6.11. The quantitative estimate of drug-likeness (QED) is 0.243. The van der Waals surface area contributed by atoms with Gasteiger partial charge in [-0.25, -0.2) is 14.8 Å². The molecule has 1 fully saturated rings. The molecule has 2 N–H and O–H groups in total. The van der Waals surface area contributed by atoms with E-state index in [0.29, 0.717) is 32.0 Å². The standard InChI is InChI=1S/C27H25ClFN7O/c28-21-5-1-3-19(14-21)13-20-4-2-6-22(15-20)33-24-8-7-23(30-16-24)17-32-35-27-31-18-25(29)26(34-27)36-9-11-37-12-10-36/h1-8,14-18,33H,9-13H2,(H,31,34,35)/b32-17+. The lowest BCUT2D eigenvalue weighted by Crippen LogP contribution is -2.37. The van der Waals surface area contributed by atoms with Crippen LogP contribution in [-0.2, 0) is 11.2 Å². The molecule has 3 heterocycles. The zero-order chi connectivity index (χ0) is 25.5. The molecule has 1 aliphatic rings. The third-order valence-electron chi connectivity index (χ3n) is 5.70. The molecule has 2 aromatic heterocycles. The molecular weight excluding hydrogens is 493 g/mol. The molecule has 0 spiro atoms. The van der Waals surface area contributed by atoms with Gasteiger partial charge in [-0.3, -0.25) is 4.98 Å². The predicted octanol–water partition coefficient (Wildman–Crippen LogP) is 5.28. The van der Waals surface area contributed by atoms with Crippen LogP contribution in [0.15, 0.2) is 78.2 Å². The van der Waals surface area contributed by atoms with E-state index in [-0.39, 0.29) is 11.8 Å². The van der Waals surface area contributed by atoms with Crippen molar-refractivity contribution in [3.8, 4) is 0 Å². The van der Waals surface area contributed by atoms with Crippen molar-refractivity contribution in [3.63, 3.8) is 0 Å². The molecule has 10 heteroatoms. The Morgan fingerprint density at radius 1 is 0.973 bits per heavy atom. The van der Waals surface area contributed by atoms with E-state index in [1.54, 1.807) is 12.4 Å². The molecule has 1 aliphatic heterocycles. The molecule has 4 aromatic rings. The minimum Gasteiger partial charge on any atom is -0.378 e. The second-order valence-corrected chi connectivity index (χ2v) is 8.87. The fourth-order valence-corrected chi connectivity index (χ4v) is 4.14. The van der Waals surface area contributed by atoms with E-state index < -0.39 is 5.82 Å². The minimum absolute atomic E-state index is 0.204. The maximum Gasteiger partial charge on any atom is 0.245 e. The molecule has 0 amide bonds. The molecule has 0 radical (unpaired) electrons. The second kappa shape index (κ2) is 11.8. The monoisotopic (exact) mass is 517 g/mol. The van der Waals surface area contributed by atoms with Gasteiger partial charge in [0.2, 0.25) is 5.95 Å². The molecule has 37 heavy (non-hydrogen) atoms. The molecule has 0 atom stereocenters. The van der Waals surface area contributed by atoms with Crippen LogP contribution in [0, 0.1) is 5.82 Å². The van der Waals surface area contributed by atoms with Crippen LogP contribution < -0.4 is 15.6 Å². The Kier molecular flexibility index (Phi) is 7.83. The fourth-order valence-electron chi connectivity index (χ4n) is 3.93. The van der Waals surface area contributed by atoms with E-state index in [1.807, 2.05) is 47.4 Å². The van der Waals surface area contributed by atoms with E-state index in [1.165, 1.54) is 5.56 Å². The van der Waals surface area contributed by atoms with Gasteiger partial charge in [-0.1, -0.05) is 35.9 Å². The van der Waals surface area contributed by atoms with Gasteiger partial charge in [-0.15, -0.1) is 0 Å². The van der Waals surface area contributed by atoms with Crippen LogP contribution in [0.5, 0.6) is 0 Å². The van der Waals surface area contributed by atoms with E-state index in [4.69, 9.17) is 16.3 Å². The smallest absolute Gasteiger partial charge is 0.245 e. The average molecular weight is 518 g/mol. The fraction of sp³-hybridized carbons (Fsp3) is 0.185. The third-order valence-corrected chi connectivity index (χ3v) is 5.93. The Balaban J connectivity index is 1.18. The molecule has 2 aromatic carbocycles. The van der Waals surface area contributed by atoms with E-state index >= 15 is 0 Å². The van der Waals surface area contributed by atoms with Crippen molar-refractivity contribution in [1.82, 2.24) is 15.0 Å². The van der Waals surface area contributed by atoms with Crippen LogP contribution in [-0.4, -0.2) is 47.5 Å². The first-order valence-corrected chi connectivity index (χ1v) is 12.2. The summed E-state index contributed by atoms with van der Waals surface area (Å²) in [4.78, 5) is 14.5.